The van der Waals surface area contributed by atoms with E-state index in [1.165, 1.54) is 11.6 Å². The molecule has 0 heterocycles. The maximum Gasteiger partial charge on any atom is 0.519 e. The van der Waals surface area contributed by atoms with Gasteiger partial charge in [-0.15, -0.1) is 0 Å². The van der Waals surface area contributed by atoms with Crippen LogP contribution in [-0.4, -0.2) is 9.80 Å². The predicted molar refractivity (Wildman–Crippen MR) is 161 cm³/mol. The van der Waals surface area contributed by atoms with Crippen molar-refractivity contribution in [2.24, 2.45) is 0 Å². The maximum absolute atomic E-state index is 9.24. The largest absolute Gasteiger partial charge is 0.519 e. The first-order valence-electron chi connectivity index (χ1n) is 13.0. The molecule has 3 aromatic rings. The molecule has 0 aliphatic heterocycles. The van der Waals surface area contributed by atoms with Crippen molar-refractivity contribution in [1.82, 2.24) is 9.80 Å². The van der Waals surface area contributed by atoms with Crippen molar-refractivity contribution in [1.29, 1.82) is 10.5 Å². The van der Waals surface area contributed by atoms with E-state index in [0.29, 0.717) is 31.8 Å². The number of hydrogen-bond donors (Lipinski definition) is 0. The lowest BCUT2D eigenvalue weighted by Gasteiger charge is -2.23. The molecule has 6 nitrogen and oxygen atoms in total. The van der Waals surface area contributed by atoms with Crippen LogP contribution in [0.25, 0.3) is 9.69 Å². The number of nitrogens with zero attached hydrogens (tertiary/aromatic N) is 6. The summed E-state index contributed by atoms with van der Waals surface area (Å²) in [7, 11) is 0. The van der Waals surface area contributed by atoms with Gasteiger partial charge >= 0.3 is 5.82 Å². The summed E-state index contributed by atoms with van der Waals surface area (Å²) in [6, 6.07) is 32.9. The molecule has 0 fully saturated rings. The van der Waals surface area contributed by atoms with E-state index in [1.54, 1.807) is 12.2 Å². The van der Waals surface area contributed by atoms with Crippen LogP contribution in [0.4, 0.5) is 0 Å². The monoisotopic (exact) mass is 534 g/mol. The molecular formula is C35H30N6. The molecule has 0 N–H and O–H groups in total. The predicted octanol–water partition coefficient (Wildman–Crippen LogP) is 7.76. The quantitative estimate of drug-likeness (QED) is 0.128. The Morgan fingerprint density at radius 1 is 0.659 bits per heavy atom. The molecule has 0 spiro atoms. The van der Waals surface area contributed by atoms with E-state index in [2.05, 4.69) is 74.1 Å². The SMILES string of the molecule is [C-]#[N+]C(=C/C=C/N(Cc1ccccc1)Cc1cccc(CN(/C=C/C=C(\C#N)CC#N)Cc2ccccc2)c1)[N+]#[C-]. The fourth-order valence-electron chi connectivity index (χ4n) is 4.11. The molecule has 0 aromatic heterocycles. The van der Waals surface area contributed by atoms with Gasteiger partial charge in [-0.05, 0) is 52.9 Å². The third-order valence-corrected chi connectivity index (χ3v) is 6.00. The van der Waals surface area contributed by atoms with Gasteiger partial charge in [0.2, 0.25) is 0 Å². The molecule has 0 bridgehead atoms. The van der Waals surface area contributed by atoms with Crippen molar-refractivity contribution in [2.45, 2.75) is 32.6 Å². The van der Waals surface area contributed by atoms with Crippen LogP contribution in [0.5, 0.6) is 0 Å². The van der Waals surface area contributed by atoms with Gasteiger partial charge in [-0.2, -0.15) is 20.2 Å². The van der Waals surface area contributed by atoms with Crippen LogP contribution >= 0.6 is 0 Å². The minimum absolute atomic E-state index is 0.0267. The van der Waals surface area contributed by atoms with E-state index in [4.69, 9.17) is 18.4 Å². The summed E-state index contributed by atoms with van der Waals surface area (Å²) in [5.74, 6) is 0.0267. The molecule has 41 heavy (non-hydrogen) atoms. The molecule has 200 valence electrons. The molecule has 3 rings (SSSR count). The van der Waals surface area contributed by atoms with Crippen LogP contribution in [0.15, 0.2) is 133 Å². The van der Waals surface area contributed by atoms with Gasteiger partial charge in [-0.3, -0.25) is 0 Å². The fourth-order valence-corrected chi connectivity index (χ4v) is 4.11. The Kier molecular flexibility index (Phi) is 12.3. The van der Waals surface area contributed by atoms with E-state index in [1.807, 2.05) is 60.9 Å². The van der Waals surface area contributed by atoms with Gasteiger partial charge in [0.15, 0.2) is 0 Å². The zero-order valence-corrected chi connectivity index (χ0v) is 22.8. The molecular weight excluding hydrogens is 504 g/mol. The van der Waals surface area contributed by atoms with Crippen LogP contribution in [0.3, 0.4) is 0 Å². The Morgan fingerprint density at radius 2 is 1.12 bits per heavy atom. The summed E-state index contributed by atoms with van der Waals surface area (Å²) >= 11 is 0. The van der Waals surface area contributed by atoms with E-state index >= 15 is 0 Å². The van der Waals surface area contributed by atoms with Crippen LogP contribution in [-0.2, 0) is 26.2 Å². The lowest BCUT2D eigenvalue weighted by atomic mass is 10.1. The van der Waals surface area contributed by atoms with Gasteiger partial charge < -0.3 is 9.80 Å². The highest BCUT2D eigenvalue weighted by Crippen LogP contribution is 2.16. The highest BCUT2D eigenvalue weighted by atomic mass is 15.1. The number of rotatable bonds is 13. The lowest BCUT2D eigenvalue weighted by molar-refractivity contribution is 0.356. The summed E-state index contributed by atoms with van der Waals surface area (Å²) in [6.07, 6.45) is 10.8. The van der Waals surface area contributed by atoms with Gasteiger partial charge in [0, 0.05) is 37.8 Å². The summed E-state index contributed by atoms with van der Waals surface area (Å²) in [6.45, 7) is 16.9. The Hall–Kier alpha value is -5.82. The molecule has 0 radical (unpaired) electrons. The molecule has 0 amide bonds. The van der Waals surface area contributed by atoms with Crippen LogP contribution in [0.1, 0.15) is 28.7 Å². The normalized spacial score (nSPS) is 10.8. The molecule has 0 aliphatic rings. The number of nitriles is 2. The molecule has 3 aromatic carbocycles. The van der Waals surface area contributed by atoms with Crippen LogP contribution in [0.2, 0.25) is 0 Å². The number of hydrogen-bond acceptors (Lipinski definition) is 4. The maximum atomic E-state index is 9.24. The van der Waals surface area contributed by atoms with E-state index < -0.39 is 0 Å². The summed E-state index contributed by atoms with van der Waals surface area (Å²) in [5, 5.41) is 18.2. The molecule has 0 aliphatic carbocycles. The molecule has 0 unspecified atom stereocenters. The number of allylic oxidation sites excluding steroid dienone is 5. The van der Waals surface area contributed by atoms with Gasteiger partial charge in [0.05, 0.1) is 18.6 Å². The summed E-state index contributed by atoms with van der Waals surface area (Å²) in [4.78, 5) is 10.8. The van der Waals surface area contributed by atoms with Crippen molar-refractivity contribution >= 4 is 0 Å². The first-order valence-corrected chi connectivity index (χ1v) is 13.0. The highest BCUT2D eigenvalue weighted by Gasteiger charge is 2.07. The molecule has 6 heteroatoms. The van der Waals surface area contributed by atoms with E-state index in [-0.39, 0.29) is 12.2 Å². The second-order valence-electron chi connectivity index (χ2n) is 9.17. The third kappa shape index (κ3) is 10.8. The van der Waals surface area contributed by atoms with Gasteiger partial charge in [0.25, 0.3) is 0 Å². The highest BCUT2D eigenvalue weighted by molar-refractivity contribution is 5.29. The van der Waals surface area contributed by atoms with Crippen LogP contribution in [0, 0.1) is 35.8 Å². The Morgan fingerprint density at radius 3 is 1.59 bits per heavy atom. The summed E-state index contributed by atoms with van der Waals surface area (Å²) < 4.78 is 0. The average Bonchev–Trinajstić information content (AvgIpc) is 3.00. The Bertz CT molecular complexity index is 1540. The van der Waals surface area contributed by atoms with Crippen molar-refractivity contribution < 1.29 is 0 Å². The number of benzene rings is 3. The van der Waals surface area contributed by atoms with Crippen molar-refractivity contribution in [3.8, 4) is 12.1 Å². The second kappa shape index (κ2) is 16.9. The van der Waals surface area contributed by atoms with E-state index in [0.717, 1.165) is 16.7 Å². The minimum Gasteiger partial charge on any atom is -0.369 e. The van der Waals surface area contributed by atoms with Gasteiger partial charge in [-0.25, -0.2) is 0 Å². The van der Waals surface area contributed by atoms with Gasteiger partial charge in [0.1, 0.15) is 13.1 Å². The second-order valence-corrected chi connectivity index (χ2v) is 9.17. The molecule has 0 saturated carbocycles. The average molecular weight is 535 g/mol. The topological polar surface area (TPSA) is 62.8 Å². The first kappa shape index (κ1) is 29.7. The third-order valence-electron chi connectivity index (χ3n) is 6.00. The van der Waals surface area contributed by atoms with Crippen LogP contribution < -0.4 is 0 Å². The Balaban J connectivity index is 1.82. The fraction of sp³-hybridized carbons (Fsp3) is 0.143. The molecule has 0 atom stereocenters. The van der Waals surface area contributed by atoms with Crippen molar-refractivity contribution in [3.05, 3.63) is 178 Å². The molecule has 0 saturated heterocycles. The van der Waals surface area contributed by atoms with Gasteiger partial charge in [-0.1, -0.05) is 84.9 Å². The first-order chi connectivity index (χ1) is 20.1. The minimum atomic E-state index is 0.0267. The smallest absolute Gasteiger partial charge is 0.369 e. The van der Waals surface area contributed by atoms with E-state index in [9.17, 15) is 5.26 Å². The summed E-state index contributed by atoms with van der Waals surface area (Å²) in [5.41, 5.74) is 5.02. The Labute approximate surface area is 243 Å². The zero-order chi connectivity index (χ0) is 29.1. The van der Waals surface area contributed by atoms with Crippen molar-refractivity contribution in [2.75, 3.05) is 0 Å². The standard InChI is InChI=1S/C35H30N6/c1-38-35(39-2)19-11-23-41(27-32-14-7-4-8-15-32)29-34-17-9-16-33(24-34)28-40(26-31-12-5-3-6-13-31)22-10-18-30(25-37)20-21-36/h3-19,22-24H,20,26-29H2/b22-10+,23-11+,30-18-. The lowest BCUT2D eigenvalue weighted by Crippen LogP contribution is -2.18. The van der Waals surface area contributed by atoms with Crippen molar-refractivity contribution in [3.63, 3.8) is 0 Å². The zero-order valence-electron chi connectivity index (χ0n) is 22.8.